The molecule has 1 fully saturated rings. The average molecular weight is 327 g/mol. The van der Waals surface area contributed by atoms with Crippen LogP contribution in [-0.4, -0.2) is 44.0 Å². The van der Waals surface area contributed by atoms with E-state index in [1.54, 1.807) is 11.8 Å². The van der Waals surface area contributed by atoms with Crippen molar-refractivity contribution in [2.75, 3.05) is 33.2 Å². The number of likely N-dealkylation sites (N-methyl/N-ethyl adjacent to an activating group) is 1. The molecule has 0 aromatic heterocycles. The molecule has 1 atom stereocenters. The Balaban J connectivity index is 1.81. The predicted octanol–water partition coefficient (Wildman–Crippen LogP) is 1.88. The molecule has 0 unspecified atom stereocenters. The van der Waals surface area contributed by atoms with Crippen LogP contribution in [0, 0.1) is 0 Å². The number of carbonyl (C=O) groups is 1. The van der Waals surface area contributed by atoms with E-state index in [1.165, 1.54) is 4.90 Å². The Morgan fingerprint density at radius 3 is 2.17 bits per heavy atom. The normalized spacial score (nSPS) is 17.0. The van der Waals surface area contributed by atoms with Crippen LogP contribution in [0.5, 0.6) is 0 Å². The van der Waals surface area contributed by atoms with Gasteiger partial charge in [0.05, 0.1) is 33.2 Å². The van der Waals surface area contributed by atoms with Gasteiger partial charge in [0, 0.05) is 4.90 Å². The summed E-state index contributed by atoms with van der Waals surface area (Å²) in [6, 6.07) is 20.3. The minimum absolute atomic E-state index is 0.169. The largest absolute Gasteiger partial charge is 0.334 e. The Hall–Kier alpha value is -1.78. The number of carbonyl (C=O) groups excluding carboxylic acids is 1. The van der Waals surface area contributed by atoms with Gasteiger partial charge in [-0.2, -0.15) is 0 Å². The van der Waals surface area contributed by atoms with Crippen LogP contribution in [0.15, 0.2) is 65.6 Å². The van der Waals surface area contributed by atoms with Gasteiger partial charge in [-0.05, 0) is 17.7 Å². The van der Waals surface area contributed by atoms with Gasteiger partial charge in [0.15, 0.2) is 0 Å². The average Bonchev–Trinajstić information content (AvgIpc) is 2.61. The van der Waals surface area contributed by atoms with Gasteiger partial charge < -0.3 is 9.80 Å². The van der Waals surface area contributed by atoms with E-state index in [9.17, 15) is 4.79 Å². The van der Waals surface area contributed by atoms with E-state index in [2.05, 4.69) is 31.3 Å². The van der Waals surface area contributed by atoms with Crippen molar-refractivity contribution in [3.8, 4) is 0 Å². The van der Waals surface area contributed by atoms with E-state index in [-0.39, 0.29) is 11.2 Å². The molecule has 0 radical (unpaired) electrons. The molecule has 2 aromatic carbocycles. The summed E-state index contributed by atoms with van der Waals surface area (Å²) in [7, 11) is 2.19. The summed E-state index contributed by atoms with van der Waals surface area (Å²) in [4.78, 5) is 17.8. The van der Waals surface area contributed by atoms with Gasteiger partial charge in [0.2, 0.25) is 5.91 Å². The van der Waals surface area contributed by atoms with Crippen LogP contribution in [0.3, 0.4) is 0 Å². The Kier molecular flexibility index (Phi) is 5.36. The SMILES string of the molecule is C[NH+]1CCN(C(=O)[C@@H](Sc2ccccc2)c2ccccc2)CC1. The zero-order valence-electron chi connectivity index (χ0n) is 13.4. The highest BCUT2D eigenvalue weighted by Gasteiger charge is 2.29. The van der Waals surface area contributed by atoms with Crippen molar-refractivity contribution in [3.05, 3.63) is 66.2 Å². The van der Waals surface area contributed by atoms with E-state index >= 15 is 0 Å². The maximum absolute atomic E-state index is 13.1. The summed E-state index contributed by atoms with van der Waals surface area (Å²) in [6.07, 6.45) is 0. The standard InChI is InChI=1S/C19H22N2OS/c1-20-12-14-21(15-13-20)19(22)18(16-8-4-2-5-9-16)23-17-10-6-3-7-11-17/h2-11,18H,12-15H2,1H3/p+1/t18-/m0/s1. The molecule has 0 spiro atoms. The minimum Gasteiger partial charge on any atom is -0.334 e. The molecule has 1 N–H and O–H groups in total. The van der Waals surface area contributed by atoms with Crippen LogP contribution in [0.25, 0.3) is 0 Å². The third kappa shape index (κ3) is 4.15. The molecule has 1 heterocycles. The molecule has 0 aliphatic carbocycles. The maximum atomic E-state index is 13.1. The van der Waals surface area contributed by atoms with Crippen LogP contribution in [0.2, 0.25) is 0 Å². The summed E-state index contributed by atoms with van der Waals surface area (Å²) in [5, 5.41) is -0.169. The molecule has 4 heteroatoms. The second-order valence-corrected chi connectivity index (χ2v) is 7.18. The predicted molar refractivity (Wildman–Crippen MR) is 94.7 cm³/mol. The second-order valence-electron chi connectivity index (χ2n) is 6.00. The van der Waals surface area contributed by atoms with Gasteiger partial charge in [0.25, 0.3) is 0 Å². The molecule has 23 heavy (non-hydrogen) atoms. The number of amides is 1. The summed E-state index contributed by atoms with van der Waals surface area (Å²) in [5.74, 6) is 0.234. The molecule has 3 rings (SSSR count). The molecule has 2 aromatic rings. The highest BCUT2D eigenvalue weighted by atomic mass is 32.2. The van der Waals surface area contributed by atoms with Gasteiger partial charge in [-0.15, -0.1) is 11.8 Å². The topological polar surface area (TPSA) is 24.8 Å². The fourth-order valence-electron chi connectivity index (χ4n) is 2.80. The van der Waals surface area contributed by atoms with Crippen molar-refractivity contribution in [2.45, 2.75) is 10.1 Å². The Labute approximate surface area is 142 Å². The molecule has 0 bridgehead atoms. The van der Waals surface area contributed by atoms with E-state index in [0.717, 1.165) is 36.6 Å². The Morgan fingerprint density at radius 1 is 1.00 bits per heavy atom. The first-order chi connectivity index (χ1) is 11.2. The summed E-state index contributed by atoms with van der Waals surface area (Å²) >= 11 is 1.65. The first-order valence-electron chi connectivity index (χ1n) is 8.11. The van der Waals surface area contributed by atoms with Crippen LogP contribution >= 0.6 is 11.8 Å². The molecular weight excluding hydrogens is 304 g/mol. The summed E-state index contributed by atoms with van der Waals surface area (Å²) < 4.78 is 0. The molecule has 3 nitrogen and oxygen atoms in total. The van der Waals surface area contributed by atoms with E-state index < -0.39 is 0 Å². The van der Waals surface area contributed by atoms with Crippen LogP contribution in [0.1, 0.15) is 10.8 Å². The number of hydrogen-bond acceptors (Lipinski definition) is 2. The number of thioether (sulfide) groups is 1. The van der Waals surface area contributed by atoms with Gasteiger partial charge in [0.1, 0.15) is 5.25 Å². The number of nitrogens with one attached hydrogen (secondary N) is 1. The third-order valence-electron chi connectivity index (χ3n) is 4.25. The lowest BCUT2D eigenvalue weighted by atomic mass is 10.1. The molecule has 0 saturated carbocycles. The van der Waals surface area contributed by atoms with Crippen molar-refractivity contribution >= 4 is 17.7 Å². The molecular formula is C19H23N2OS+. The zero-order chi connectivity index (χ0) is 16.1. The monoisotopic (exact) mass is 327 g/mol. The second kappa shape index (κ2) is 7.66. The van der Waals surface area contributed by atoms with Crippen molar-refractivity contribution in [1.29, 1.82) is 0 Å². The lowest BCUT2D eigenvalue weighted by molar-refractivity contribution is -0.883. The van der Waals surface area contributed by atoms with Crippen LogP contribution in [0.4, 0.5) is 0 Å². The number of piperazine rings is 1. The number of quaternary nitrogens is 1. The maximum Gasteiger partial charge on any atom is 0.240 e. The van der Waals surface area contributed by atoms with E-state index in [1.807, 2.05) is 41.3 Å². The number of nitrogens with zero attached hydrogens (tertiary/aromatic N) is 1. The highest BCUT2D eigenvalue weighted by Crippen LogP contribution is 2.36. The van der Waals surface area contributed by atoms with Gasteiger partial charge in [-0.3, -0.25) is 4.79 Å². The fraction of sp³-hybridized carbons (Fsp3) is 0.316. The zero-order valence-corrected chi connectivity index (χ0v) is 14.3. The van der Waals surface area contributed by atoms with Crippen molar-refractivity contribution in [1.82, 2.24) is 4.90 Å². The van der Waals surface area contributed by atoms with E-state index in [0.29, 0.717) is 0 Å². The summed E-state index contributed by atoms with van der Waals surface area (Å²) in [6.45, 7) is 3.76. The smallest absolute Gasteiger partial charge is 0.240 e. The summed E-state index contributed by atoms with van der Waals surface area (Å²) in [5.41, 5.74) is 1.08. The number of rotatable bonds is 4. The Morgan fingerprint density at radius 2 is 1.57 bits per heavy atom. The van der Waals surface area contributed by atoms with E-state index in [4.69, 9.17) is 0 Å². The van der Waals surface area contributed by atoms with Crippen LogP contribution in [-0.2, 0) is 4.79 Å². The van der Waals surface area contributed by atoms with Gasteiger partial charge in [-0.1, -0.05) is 48.5 Å². The number of benzene rings is 2. The molecule has 1 amide bonds. The van der Waals surface area contributed by atoms with Crippen molar-refractivity contribution in [3.63, 3.8) is 0 Å². The van der Waals surface area contributed by atoms with Crippen LogP contribution < -0.4 is 4.90 Å². The molecule has 1 saturated heterocycles. The first-order valence-corrected chi connectivity index (χ1v) is 8.99. The highest BCUT2D eigenvalue weighted by molar-refractivity contribution is 8.00. The quantitative estimate of drug-likeness (QED) is 0.867. The third-order valence-corrected chi connectivity index (χ3v) is 5.51. The molecule has 1 aliphatic heterocycles. The van der Waals surface area contributed by atoms with Crippen molar-refractivity contribution in [2.24, 2.45) is 0 Å². The number of hydrogen-bond donors (Lipinski definition) is 1. The lowest BCUT2D eigenvalue weighted by Gasteiger charge is -2.32. The lowest BCUT2D eigenvalue weighted by Crippen LogP contribution is -3.12. The fourth-order valence-corrected chi connectivity index (χ4v) is 3.93. The van der Waals surface area contributed by atoms with Gasteiger partial charge in [-0.25, -0.2) is 0 Å². The molecule has 120 valence electrons. The Bertz CT molecular complexity index is 624. The van der Waals surface area contributed by atoms with Gasteiger partial charge >= 0.3 is 0 Å². The van der Waals surface area contributed by atoms with Crippen molar-refractivity contribution < 1.29 is 9.69 Å². The first kappa shape index (κ1) is 16.1. The molecule has 1 aliphatic rings. The minimum atomic E-state index is -0.169.